The first kappa shape index (κ1) is 49.0. The predicted octanol–water partition coefficient (Wildman–Crippen LogP) is 11.0. The molecule has 366 valence electrons. The van der Waals surface area contributed by atoms with Crippen LogP contribution in [0.4, 0.5) is 0 Å². The number of aromatic nitrogens is 4. The Hall–Kier alpha value is -6.62. The SMILES string of the molecule is CCC[n+]1ccccc1C1=CC(c2cccc[n+]2CCC)c2cccc3ccc(S(=O)(=O)CCCCS(=O)(=O)c4ccc5cccc6c5c4C(c4cccc[n+]4CCC)=CC6c4cccc[n+]4CCC)c1c23. The average Bonchev–Trinajstić information content (AvgIpc) is 3.39. The lowest BCUT2D eigenvalue weighted by Crippen LogP contribution is -2.40. The van der Waals surface area contributed by atoms with Gasteiger partial charge in [0.15, 0.2) is 55.8 Å². The molecule has 10 heteroatoms. The van der Waals surface area contributed by atoms with Crippen LogP contribution in [0.3, 0.4) is 0 Å². The Bertz CT molecular complexity index is 3420. The van der Waals surface area contributed by atoms with Crippen LogP contribution in [0.2, 0.25) is 0 Å². The van der Waals surface area contributed by atoms with Gasteiger partial charge < -0.3 is 0 Å². The molecule has 8 aromatic rings. The number of aryl methyl sites for hydroxylation is 4. The molecule has 72 heavy (non-hydrogen) atoms. The first-order valence-electron chi connectivity index (χ1n) is 26.0. The van der Waals surface area contributed by atoms with Gasteiger partial charge in [0.05, 0.1) is 44.3 Å². The molecule has 2 atom stereocenters. The van der Waals surface area contributed by atoms with Crippen LogP contribution in [-0.2, 0) is 45.9 Å². The molecule has 0 bridgehead atoms. The van der Waals surface area contributed by atoms with Crippen LogP contribution in [0.25, 0.3) is 32.7 Å². The molecule has 10 rings (SSSR count). The van der Waals surface area contributed by atoms with Gasteiger partial charge in [0, 0.05) is 85.3 Å². The van der Waals surface area contributed by atoms with Crippen LogP contribution in [0.15, 0.2) is 180 Å². The van der Waals surface area contributed by atoms with Gasteiger partial charge in [-0.25, -0.2) is 26.0 Å². The van der Waals surface area contributed by atoms with E-state index in [-0.39, 0.29) is 46.0 Å². The van der Waals surface area contributed by atoms with E-state index in [1.165, 1.54) is 0 Å². The normalized spacial score (nSPS) is 15.4. The summed E-state index contributed by atoms with van der Waals surface area (Å²) in [6.45, 7) is 12.0. The Morgan fingerprint density at radius 3 is 1.18 bits per heavy atom. The lowest BCUT2D eigenvalue weighted by molar-refractivity contribution is -0.704. The van der Waals surface area contributed by atoms with Crippen LogP contribution >= 0.6 is 0 Å². The fourth-order valence-corrected chi connectivity index (χ4v) is 14.7. The Morgan fingerprint density at radius 2 is 0.778 bits per heavy atom. The van der Waals surface area contributed by atoms with Crippen molar-refractivity contribution in [2.45, 2.75) is 114 Å². The molecule has 4 aromatic carbocycles. The van der Waals surface area contributed by atoms with Crippen LogP contribution < -0.4 is 18.3 Å². The van der Waals surface area contributed by atoms with Crippen LogP contribution in [0, 0.1) is 0 Å². The largest absolute Gasteiger partial charge is 0.224 e. The van der Waals surface area contributed by atoms with E-state index in [4.69, 9.17) is 0 Å². The van der Waals surface area contributed by atoms with Crippen molar-refractivity contribution in [3.63, 3.8) is 0 Å². The highest BCUT2D eigenvalue weighted by atomic mass is 32.2. The fourth-order valence-electron chi connectivity index (χ4n) is 11.5. The molecule has 4 heterocycles. The summed E-state index contributed by atoms with van der Waals surface area (Å²) in [6.07, 6.45) is 17.2. The number of hydrogen-bond acceptors (Lipinski definition) is 4. The van der Waals surface area contributed by atoms with Gasteiger partial charge in [-0.2, -0.15) is 9.13 Å². The summed E-state index contributed by atoms with van der Waals surface area (Å²) >= 11 is 0. The third-order valence-electron chi connectivity index (χ3n) is 14.6. The summed E-state index contributed by atoms with van der Waals surface area (Å²) in [6, 6.07) is 45.1. The van der Waals surface area contributed by atoms with Crippen molar-refractivity contribution >= 4 is 52.4 Å². The van der Waals surface area contributed by atoms with E-state index < -0.39 is 19.7 Å². The second-order valence-electron chi connectivity index (χ2n) is 19.4. The Kier molecular flexibility index (Phi) is 14.2. The zero-order valence-corrected chi connectivity index (χ0v) is 43.7. The molecule has 0 saturated carbocycles. The number of allylic oxidation sites excluding steroid dienone is 2. The molecule has 0 saturated heterocycles. The van der Waals surface area contributed by atoms with Crippen LogP contribution in [0.5, 0.6) is 0 Å². The van der Waals surface area contributed by atoms with E-state index in [0.29, 0.717) is 0 Å². The maximum absolute atomic E-state index is 15.1. The molecule has 8 nitrogen and oxygen atoms in total. The van der Waals surface area contributed by atoms with Gasteiger partial charge >= 0.3 is 0 Å². The minimum atomic E-state index is -3.92. The summed E-state index contributed by atoms with van der Waals surface area (Å²) in [5.41, 5.74) is 9.63. The zero-order valence-electron chi connectivity index (χ0n) is 42.0. The van der Waals surface area contributed by atoms with E-state index in [2.05, 4.69) is 168 Å². The summed E-state index contributed by atoms with van der Waals surface area (Å²) in [4.78, 5) is 0.572. The molecule has 4 aromatic heterocycles. The van der Waals surface area contributed by atoms with Gasteiger partial charge in [0.2, 0.25) is 11.4 Å². The Labute approximate surface area is 426 Å². The standard InChI is InChI=1S/C62H66N4O4S2/c1-5-33-63-37-13-9-25-53(63)49-43-51(55-27-11-15-39-65(55)35-7-3)61-57(31-29-45-21-19-23-47(49)59(45)61)71(67,68)41-17-18-42-72(69,70)58-32-30-46-22-20-24-48-50(54-26-10-14-38-64(54)34-6-2)44-52(62(58)60(46)48)56-28-12-16-40-66(56)36-8-4/h9-16,19-32,37-40,43-44,49-50H,5-8,17-18,33-36,41-42H2,1-4H3/q+4. The van der Waals surface area contributed by atoms with E-state index in [1.54, 1.807) is 12.1 Å². The summed E-state index contributed by atoms with van der Waals surface area (Å²) < 4.78 is 69.3. The number of sulfone groups is 2. The van der Waals surface area contributed by atoms with Crippen molar-refractivity contribution < 1.29 is 35.1 Å². The second kappa shape index (κ2) is 20.8. The van der Waals surface area contributed by atoms with Crippen LogP contribution in [0.1, 0.15) is 123 Å². The molecular weight excluding hydrogens is 929 g/mol. The smallest absolute Gasteiger partial charge is 0.212 e. The van der Waals surface area contributed by atoms with E-state index in [1.807, 2.05) is 36.4 Å². The number of hydrogen-bond donors (Lipinski definition) is 0. The molecule has 0 N–H and O–H groups in total. The molecule has 0 aliphatic heterocycles. The quantitative estimate of drug-likeness (QED) is 0.0597. The highest BCUT2D eigenvalue weighted by molar-refractivity contribution is 7.92. The fraction of sp³-hybridized carbons (Fsp3) is 0.290. The Balaban J connectivity index is 1.02. The monoisotopic (exact) mass is 994 g/mol. The minimum absolute atomic E-state index is 0.116. The van der Waals surface area contributed by atoms with Crippen LogP contribution in [-0.4, -0.2) is 28.3 Å². The molecule has 0 amide bonds. The summed E-state index contributed by atoms with van der Waals surface area (Å²) in [5.74, 6) is -0.601. The van der Waals surface area contributed by atoms with Gasteiger partial charge in [-0.05, 0) is 69.8 Å². The summed E-state index contributed by atoms with van der Waals surface area (Å²) in [5, 5.41) is 3.87. The molecule has 0 radical (unpaired) electrons. The number of nitrogens with zero attached hydrogens (tertiary/aromatic N) is 4. The number of rotatable bonds is 19. The predicted molar refractivity (Wildman–Crippen MR) is 287 cm³/mol. The molecule has 2 aliphatic rings. The van der Waals surface area contributed by atoms with E-state index in [0.717, 1.165) is 130 Å². The lowest BCUT2D eigenvalue weighted by Gasteiger charge is -2.26. The number of unbranched alkanes of at least 4 members (excludes halogenated alkanes) is 1. The topological polar surface area (TPSA) is 83.8 Å². The van der Waals surface area contributed by atoms with E-state index >= 15 is 16.8 Å². The second-order valence-corrected chi connectivity index (χ2v) is 23.6. The summed E-state index contributed by atoms with van der Waals surface area (Å²) in [7, 11) is -7.84. The Morgan fingerprint density at radius 1 is 0.403 bits per heavy atom. The van der Waals surface area contributed by atoms with Crippen molar-refractivity contribution in [3.05, 3.63) is 215 Å². The van der Waals surface area contributed by atoms with Crippen molar-refractivity contribution in [2.75, 3.05) is 11.5 Å². The van der Waals surface area contributed by atoms with E-state index in [9.17, 15) is 0 Å². The van der Waals surface area contributed by atoms with Crippen molar-refractivity contribution in [1.29, 1.82) is 0 Å². The van der Waals surface area contributed by atoms with Crippen molar-refractivity contribution in [2.24, 2.45) is 0 Å². The van der Waals surface area contributed by atoms with Gasteiger partial charge in [-0.3, -0.25) is 0 Å². The lowest BCUT2D eigenvalue weighted by atomic mass is 9.79. The highest BCUT2D eigenvalue weighted by Gasteiger charge is 2.38. The first-order valence-corrected chi connectivity index (χ1v) is 29.3. The zero-order chi connectivity index (χ0) is 50.0. The van der Waals surface area contributed by atoms with Gasteiger partial charge in [-0.15, -0.1) is 0 Å². The van der Waals surface area contributed by atoms with Gasteiger partial charge in [0.1, 0.15) is 26.2 Å². The first-order chi connectivity index (χ1) is 35.1. The maximum Gasteiger partial charge on any atom is 0.212 e. The number of benzene rings is 4. The molecule has 2 aliphatic carbocycles. The van der Waals surface area contributed by atoms with Gasteiger partial charge in [-0.1, -0.05) is 101 Å². The number of pyridine rings is 4. The molecule has 0 spiro atoms. The molecule has 0 fully saturated rings. The minimum Gasteiger partial charge on any atom is -0.224 e. The van der Waals surface area contributed by atoms with Gasteiger partial charge in [0.25, 0.3) is 0 Å². The van der Waals surface area contributed by atoms with Crippen molar-refractivity contribution in [3.8, 4) is 0 Å². The average molecular weight is 995 g/mol. The van der Waals surface area contributed by atoms with Crippen molar-refractivity contribution in [1.82, 2.24) is 0 Å². The molecular formula is C62H66N4O4S2+4. The highest BCUT2D eigenvalue weighted by Crippen LogP contribution is 2.47. The molecule has 2 unspecified atom stereocenters. The third kappa shape index (κ3) is 9.13. The maximum atomic E-state index is 15.1. The third-order valence-corrected chi connectivity index (χ3v) is 18.3.